The average Bonchev–Trinajstić information content (AvgIpc) is 2.79. The number of rotatable bonds is 6. The molecule has 4 nitrogen and oxygen atoms in total. The minimum absolute atomic E-state index is 0.241. The summed E-state index contributed by atoms with van der Waals surface area (Å²) in [7, 11) is 0. The predicted molar refractivity (Wildman–Crippen MR) is 133 cm³/mol. The molecule has 0 heterocycles. The van der Waals surface area contributed by atoms with Crippen molar-refractivity contribution in [2.24, 2.45) is 5.10 Å². The third-order valence-corrected chi connectivity index (χ3v) is 5.70. The number of aryl methyl sites for hydroxylation is 2. The lowest BCUT2D eigenvalue weighted by Crippen LogP contribution is -2.17. The molecule has 0 spiro atoms. The van der Waals surface area contributed by atoms with E-state index in [1.165, 1.54) is 0 Å². The van der Waals surface area contributed by atoms with Gasteiger partial charge >= 0.3 is 0 Å². The lowest BCUT2D eigenvalue weighted by Gasteiger charge is -2.13. The predicted octanol–water partition coefficient (Wildman–Crippen LogP) is 6.56. The highest BCUT2D eigenvalue weighted by Gasteiger charge is 2.08. The standard InChI is InChI=1S/C27H23BrN2O2/c1-18-13-21(14-19(2)26(18)32-17-20-7-11-25(28)12-8-20)16-29-30-27(31)24-10-9-22-5-3-4-6-23(22)15-24/h3-16H,17H2,1-2H3,(H,30,31)/b29-16-. The van der Waals surface area contributed by atoms with Gasteiger partial charge in [-0.05, 0) is 83.3 Å². The first kappa shape index (κ1) is 21.8. The Labute approximate surface area is 196 Å². The Morgan fingerprint density at radius 1 is 0.938 bits per heavy atom. The van der Waals surface area contributed by atoms with E-state index >= 15 is 0 Å². The molecule has 0 aliphatic carbocycles. The second-order valence-electron chi connectivity index (χ2n) is 7.66. The molecule has 1 N–H and O–H groups in total. The van der Waals surface area contributed by atoms with Crippen LogP contribution in [0.4, 0.5) is 0 Å². The molecule has 1 amide bonds. The molecule has 0 saturated heterocycles. The molecule has 0 unspecified atom stereocenters. The topological polar surface area (TPSA) is 50.7 Å². The highest BCUT2D eigenvalue weighted by Crippen LogP contribution is 2.25. The van der Waals surface area contributed by atoms with Crippen molar-refractivity contribution < 1.29 is 9.53 Å². The number of fused-ring (bicyclic) bond motifs is 1. The molecule has 0 aliphatic heterocycles. The van der Waals surface area contributed by atoms with Crippen molar-refractivity contribution in [3.63, 3.8) is 0 Å². The summed E-state index contributed by atoms with van der Waals surface area (Å²) in [6, 6.07) is 25.6. The van der Waals surface area contributed by atoms with Gasteiger partial charge in [0.05, 0.1) is 6.21 Å². The monoisotopic (exact) mass is 486 g/mol. The lowest BCUT2D eigenvalue weighted by atomic mass is 10.1. The van der Waals surface area contributed by atoms with Crippen LogP contribution in [0.5, 0.6) is 5.75 Å². The van der Waals surface area contributed by atoms with Gasteiger partial charge in [0, 0.05) is 10.0 Å². The van der Waals surface area contributed by atoms with Gasteiger partial charge in [0.25, 0.3) is 5.91 Å². The van der Waals surface area contributed by atoms with Gasteiger partial charge < -0.3 is 4.74 Å². The zero-order valence-corrected chi connectivity index (χ0v) is 19.5. The van der Waals surface area contributed by atoms with Crippen LogP contribution < -0.4 is 10.2 Å². The molecular weight excluding hydrogens is 464 g/mol. The maximum atomic E-state index is 12.5. The molecule has 4 rings (SSSR count). The Kier molecular flexibility index (Phi) is 6.66. The number of hydrazone groups is 1. The van der Waals surface area contributed by atoms with Crippen molar-refractivity contribution >= 4 is 38.8 Å². The van der Waals surface area contributed by atoms with Crippen molar-refractivity contribution in [1.29, 1.82) is 0 Å². The van der Waals surface area contributed by atoms with Crippen LogP contribution in [0.15, 0.2) is 88.4 Å². The van der Waals surface area contributed by atoms with Crippen molar-refractivity contribution in [3.05, 3.63) is 111 Å². The normalized spacial score (nSPS) is 11.1. The minimum Gasteiger partial charge on any atom is -0.488 e. The number of carbonyl (C=O) groups is 1. The highest BCUT2D eigenvalue weighted by molar-refractivity contribution is 9.10. The number of hydrogen-bond donors (Lipinski definition) is 1. The molecule has 4 aromatic carbocycles. The Hall–Kier alpha value is -3.44. The number of halogens is 1. The molecule has 0 saturated carbocycles. The van der Waals surface area contributed by atoms with Crippen molar-refractivity contribution in [2.45, 2.75) is 20.5 Å². The second kappa shape index (κ2) is 9.79. The third kappa shape index (κ3) is 5.24. The number of benzene rings is 4. The maximum Gasteiger partial charge on any atom is 0.271 e. The van der Waals surface area contributed by atoms with Crippen LogP contribution in [-0.4, -0.2) is 12.1 Å². The molecule has 0 radical (unpaired) electrons. The van der Waals surface area contributed by atoms with E-state index in [1.54, 1.807) is 12.3 Å². The van der Waals surface area contributed by atoms with E-state index in [0.29, 0.717) is 12.2 Å². The first-order valence-corrected chi connectivity index (χ1v) is 11.1. The van der Waals surface area contributed by atoms with E-state index in [2.05, 4.69) is 26.5 Å². The molecule has 0 aromatic heterocycles. The van der Waals surface area contributed by atoms with Crippen molar-refractivity contribution in [1.82, 2.24) is 5.43 Å². The van der Waals surface area contributed by atoms with Gasteiger partial charge in [-0.3, -0.25) is 4.79 Å². The van der Waals surface area contributed by atoms with Crippen molar-refractivity contribution in [3.8, 4) is 5.75 Å². The SMILES string of the molecule is Cc1cc(/C=N\NC(=O)c2ccc3ccccc3c2)cc(C)c1OCc1ccc(Br)cc1. The fraction of sp³-hybridized carbons (Fsp3) is 0.111. The molecule has 0 atom stereocenters. The zero-order valence-electron chi connectivity index (χ0n) is 17.9. The maximum absolute atomic E-state index is 12.5. The number of amides is 1. The molecular formula is C27H23BrN2O2. The second-order valence-corrected chi connectivity index (χ2v) is 8.58. The number of nitrogens with one attached hydrogen (secondary N) is 1. The summed E-state index contributed by atoms with van der Waals surface area (Å²) in [6.45, 7) is 4.52. The minimum atomic E-state index is -0.241. The van der Waals surface area contributed by atoms with E-state index in [-0.39, 0.29) is 5.91 Å². The third-order valence-electron chi connectivity index (χ3n) is 5.17. The van der Waals surface area contributed by atoms with E-state index in [1.807, 2.05) is 86.6 Å². The van der Waals surface area contributed by atoms with Gasteiger partial charge in [-0.2, -0.15) is 5.10 Å². The Balaban J connectivity index is 1.41. The fourth-order valence-corrected chi connectivity index (χ4v) is 3.85. The van der Waals surface area contributed by atoms with Crippen LogP contribution in [0, 0.1) is 13.8 Å². The molecule has 160 valence electrons. The summed E-state index contributed by atoms with van der Waals surface area (Å²) in [6.07, 6.45) is 1.65. The van der Waals surface area contributed by atoms with Crippen LogP contribution in [0.25, 0.3) is 10.8 Å². The molecule has 0 bridgehead atoms. The summed E-state index contributed by atoms with van der Waals surface area (Å²) in [5.41, 5.74) is 7.23. The van der Waals surface area contributed by atoms with Gasteiger partial charge in [0.15, 0.2) is 0 Å². The molecule has 0 aliphatic rings. The van der Waals surface area contributed by atoms with Crippen LogP contribution in [0.1, 0.15) is 32.6 Å². The lowest BCUT2D eigenvalue weighted by molar-refractivity contribution is 0.0955. The largest absolute Gasteiger partial charge is 0.488 e. The van der Waals surface area contributed by atoms with E-state index in [0.717, 1.165) is 43.2 Å². The van der Waals surface area contributed by atoms with Crippen molar-refractivity contribution in [2.75, 3.05) is 0 Å². The summed E-state index contributed by atoms with van der Waals surface area (Å²) >= 11 is 3.45. The highest BCUT2D eigenvalue weighted by atomic mass is 79.9. The zero-order chi connectivity index (χ0) is 22.5. The number of carbonyl (C=O) groups excluding carboxylic acids is 1. The molecule has 5 heteroatoms. The van der Waals surface area contributed by atoms with Crippen LogP contribution in [0.3, 0.4) is 0 Å². The van der Waals surface area contributed by atoms with Gasteiger partial charge in [0.1, 0.15) is 12.4 Å². The summed E-state index contributed by atoms with van der Waals surface area (Å²) in [5, 5.41) is 6.26. The Bertz CT molecular complexity index is 1270. The van der Waals surface area contributed by atoms with Gasteiger partial charge in [-0.25, -0.2) is 5.43 Å². The number of ether oxygens (including phenoxy) is 1. The van der Waals surface area contributed by atoms with Crippen LogP contribution in [0.2, 0.25) is 0 Å². The Morgan fingerprint density at radius 3 is 2.34 bits per heavy atom. The Morgan fingerprint density at radius 2 is 1.62 bits per heavy atom. The summed E-state index contributed by atoms with van der Waals surface area (Å²) < 4.78 is 7.10. The van der Waals surface area contributed by atoms with E-state index in [9.17, 15) is 4.79 Å². The average molecular weight is 487 g/mol. The van der Waals surface area contributed by atoms with E-state index in [4.69, 9.17) is 4.74 Å². The van der Waals surface area contributed by atoms with Gasteiger partial charge in [-0.15, -0.1) is 0 Å². The first-order chi connectivity index (χ1) is 15.5. The van der Waals surface area contributed by atoms with E-state index < -0.39 is 0 Å². The van der Waals surface area contributed by atoms with Gasteiger partial charge in [-0.1, -0.05) is 58.4 Å². The molecule has 4 aromatic rings. The first-order valence-electron chi connectivity index (χ1n) is 10.3. The number of hydrogen-bond acceptors (Lipinski definition) is 3. The molecule has 32 heavy (non-hydrogen) atoms. The summed E-state index contributed by atoms with van der Waals surface area (Å²) in [4.78, 5) is 12.5. The fourth-order valence-electron chi connectivity index (χ4n) is 3.58. The number of nitrogens with zero attached hydrogens (tertiary/aromatic N) is 1. The molecule has 0 fully saturated rings. The summed E-state index contributed by atoms with van der Waals surface area (Å²) in [5.74, 6) is 0.625. The van der Waals surface area contributed by atoms with Crippen LogP contribution >= 0.6 is 15.9 Å². The van der Waals surface area contributed by atoms with Crippen LogP contribution in [-0.2, 0) is 6.61 Å². The smallest absolute Gasteiger partial charge is 0.271 e. The van der Waals surface area contributed by atoms with Gasteiger partial charge in [0.2, 0.25) is 0 Å². The quantitative estimate of drug-likeness (QED) is 0.247.